The summed E-state index contributed by atoms with van der Waals surface area (Å²) in [6.45, 7) is 2.00. The molecule has 1 aliphatic rings. The minimum Gasteiger partial charge on any atom is -0.390 e. The Balaban J connectivity index is 2.27. The Bertz CT molecular complexity index is 115. The molecular weight excluding hydrogens is 160 g/mol. The van der Waals surface area contributed by atoms with Crippen molar-refractivity contribution in [3.05, 3.63) is 0 Å². The van der Waals surface area contributed by atoms with Crippen molar-refractivity contribution < 1.29 is 5.11 Å². The van der Waals surface area contributed by atoms with Crippen LogP contribution in [0.2, 0.25) is 0 Å². The molecule has 0 aromatic rings. The largest absolute Gasteiger partial charge is 0.390 e. The molecular formula is C12H24O. The van der Waals surface area contributed by atoms with Crippen molar-refractivity contribution in [3.8, 4) is 0 Å². The predicted molar refractivity (Wildman–Crippen MR) is 56.8 cm³/mol. The molecule has 78 valence electrons. The average Bonchev–Trinajstić information content (AvgIpc) is 2.10. The number of rotatable bonds is 0. The Hall–Kier alpha value is -0.0400. The lowest BCUT2D eigenvalue weighted by Gasteiger charge is -2.22. The Morgan fingerprint density at radius 2 is 1.00 bits per heavy atom. The zero-order chi connectivity index (χ0) is 9.57. The van der Waals surface area contributed by atoms with Gasteiger partial charge in [0.05, 0.1) is 5.60 Å². The quantitative estimate of drug-likeness (QED) is 0.609. The standard InChI is InChI=1S/C12H24O/c1-12(13)10-8-6-4-2-3-5-7-9-11-12/h13H,2-11H2,1H3. The van der Waals surface area contributed by atoms with Crippen LogP contribution in [0.15, 0.2) is 0 Å². The lowest BCUT2D eigenvalue weighted by Crippen LogP contribution is -2.23. The van der Waals surface area contributed by atoms with Crippen molar-refractivity contribution in [2.24, 2.45) is 0 Å². The van der Waals surface area contributed by atoms with Crippen LogP contribution in [0.3, 0.4) is 0 Å². The van der Waals surface area contributed by atoms with Crippen molar-refractivity contribution in [1.82, 2.24) is 0 Å². The molecule has 0 heterocycles. The minimum absolute atomic E-state index is 0.371. The summed E-state index contributed by atoms with van der Waals surface area (Å²) in [5.74, 6) is 0. The number of aliphatic hydroxyl groups is 1. The molecule has 0 spiro atoms. The van der Waals surface area contributed by atoms with E-state index >= 15 is 0 Å². The van der Waals surface area contributed by atoms with E-state index in [1.54, 1.807) is 0 Å². The first-order valence-corrected chi connectivity index (χ1v) is 5.93. The fourth-order valence-electron chi connectivity index (χ4n) is 2.20. The van der Waals surface area contributed by atoms with Gasteiger partial charge in [-0.05, 0) is 19.8 Å². The first-order valence-electron chi connectivity index (χ1n) is 5.93. The monoisotopic (exact) mass is 184 g/mol. The van der Waals surface area contributed by atoms with Crippen LogP contribution >= 0.6 is 0 Å². The number of hydrogen-bond acceptors (Lipinski definition) is 1. The van der Waals surface area contributed by atoms with Gasteiger partial charge in [0, 0.05) is 0 Å². The molecule has 0 bridgehead atoms. The van der Waals surface area contributed by atoms with E-state index in [2.05, 4.69) is 0 Å². The molecule has 1 fully saturated rings. The van der Waals surface area contributed by atoms with Crippen molar-refractivity contribution in [1.29, 1.82) is 0 Å². The first-order chi connectivity index (χ1) is 6.21. The Kier molecular flexibility index (Phi) is 4.79. The third-order valence-electron chi connectivity index (χ3n) is 3.18. The van der Waals surface area contributed by atoms with Gasteiger partial charge >= 0.3 is 0 Å². The van der Waals surface area contributed by atoms with Crippen LogP contribution < -0.4 is 0 Å². The summed E-state index contributed by atoms with van der Waals surface area (Å²) in [6, 6.07) is 0. The summed E-state index contributed by atoms with van der Waals surface area (Å²) in [5, 5.41) is 9.99. The van der Waals surface area contributed by atoms with Crippen LogP contribution in [-0.4, -0.2) is 10.7 Å². The summed E-state index contributed by atoms with van der Waals surface area (Å²) in [4.78, 5) is 0. The summed E-state index contributed by atoms with van der Waals surface area (Å²) in [6.07, 6.45) is 12.6. The minimum atomic E-state index is -0.371. The molecule has 0 unspecified atom stereocenters. The molecule has 0 aliphatic heterocycles. The third kappa shape index (κ3) is 5.30. The van der Waals surface area contributed by atoms with Gasteiger partial charge in [0.2, 0.25) is 0 Å². The van der Waals surface area contributed by atoms with Crippen molar-refractivity contribution in [2.45, 2.75) is 76.7 Å². The molecule has 1 rings (SSSR count). The molecule has 0 aromatic heterocycles. The van der Waals surface area contributed by atoms with E-state index in [-0.39, 0.29) is 5.60 Å². The van der Waals surface area contributed by atoms with Gasteiger partial charge in [0.1, 0.15) is 0 Å². The van der Waals surface area contributed by atoms with Crippen LogP contribution in [0.25, 0.3) is 0 Å². The summed E-state index contributed by atoms with van der Waals surface area (Å²) in [5.41, 5.74) is -0.371. The fraction of sp³-hybridized carbons (Fsp3) is 1.00. The van der Waals surface area contributed by atoms with E-state index in [1.807, 2.05) is 6.92 Å². The molecule has 13 heavy (non-hydrogen) atoms. The van der Waals surface area contributed by atoms with Crippen molar-refractivity contribution in [3.63, 3.8) is 0 Å². The molecule has 0 aromatic carbocycles. The zero-order valence-corrected chi connectivity index (χ0v) is 9.02. The summed E-state index contributed by atoms with van der Waals surface area (Å²) >= 11 is 0. The van der Waals surface area contributed by atoms with Crippen molar-refractivity contribution >= 4 is 0 Å². The maximum Gasteiger partial charge on any atom is 0.0619 e. The van der Waals surface area contributed by atoms with E-state index < -0.39 is 0 Å². The Morgan fingerprint density at radius 1 is 0.692 bits per heavy atom. The van der Waals surface area contributed by atoms with Gasteiger partial charge in [-0.3, -0.25) is 0 Å². The van der Waals surface area contributed by atoms with Gasteiger partial charge in [-0.25, -0.2) is 0 Å². The summed E-state index contributed by atoms with van der Waals surface area (Å²) < 4.78 is 0. The second-order valence-corrected chi connectivity index (χ2v) is 4.83. The molecule has 0 atom stereocenters. The van der Waals surface area contributed by atoms with Gasteiger partial charge in [-0.1, -0.05) is 51.4 Å². The molecule has 1 aliphatic carbocycles. The molecule has 0 amide bonds. The smallest absolute Gasteiger partial charge is 0.0619 e. The molecule has 1 heteroatoms. The van der Waals surface area contributed by atoms with E-state index in [4.69, 9.17) is 0 Å². The highest BCUT2D eigenvalue weighted by atomic mass is 16.3. The van der Waals surface area contributed by atoms with E-state index in [0.717, 1.165) is 12.8 Å². The van der Waals surface area contributed by atoms with Crippen molar-refractivity contribution in [2.75, 3.05) is 0 Å². The fourth-order valence-corrected chi connectivity index (χ4v) is 2.20. The van der Waals surface area contributed by atoms with Crippen LogP contribution in [-0.2, 0) is 0 Å². The highest BCUT2D eigenvalue weighted by molar-refractivity contribution is 4.72. The Morgan fingerprint density at radius 3 is 1.38 bits per heavy atom. The SMILES string of the molecule is CC1(O)CCCCCCCCCC1. The first kappa shape index (κ1) is 11.0. The lowest BCUT2D eigenvalue weighted by atomic mass is 9.93. The highest BCUT2D eigenvalue weighted by Gasteiger charge is 2.18. The van der Waals surface area contributed by atoms with Gasteiger partial charge < -0.3 is 5.11 Å². The molecule has 0 radical (unpaired) electrons. The number of hydrogen-bond donors (Lipinski definition) is 1. The molecule has 1 N–H and O–H groups in total. The Labute approximate surface area is 82.5 Å². The van der Waals surface area contributed by atoms with E-state index in [9.17, 15) is 5.11 Å². The maximum absolute atomic E-state index is 9.99. The van der Waals surface area contributed by atoms with Crippen LogP contribution in [0, 0.1) is 0 Å². The third-order valence-corrected chi connectivity index (χ3v) is 3.18. The maximum atomic E-state index is 9.99. The predicted octanol–water partition coefficient (Wildman–Crippen LogP) is 3.65. The van der Waals surface area contributed by atoms with Gasteiger partial charge in [0.25, 0.3) is 0 Å². The topological polar surface area (TPSA) is 20.2 Å². The van der Waals surface area contributed by atoms with E-state index in [1.165, 1.54) is 51.4 Å². The highest BCUT2D eigenvalue weighted by Crippen LogP contribution is 2.23. The van der Waals surface area contributed by atoms with E-state index in [0.29, 0.717) is 0 Å². The second kappa shape index (κ2) is 5.64. The summed E-state index contributed by atoms with van der Waals surface area (Å²) in [7, 11) is 0. The normalized spacial score (nSPS) is 26.3. The van der Waals surface area contributed by atoms with Gasteiger partial charge in [-0.15, -0.1) is 0 Å². The van der Waals surface area contributed by atoms with Crippen LogP contribution in [0.1, 0.15) is 71.1 Å². The second-order valence-electron chi connectivity index (χ2n) is 4.83. The van der Waals surface area contributed by atoms with Gasteiger partial charge in [0.15, 0.2) is 0 Å². The zero-order valence-electron chi connectivity index (χ0n) is 9.02. The average molecular weight is 184 g/mol. The molecule has 0 saturated heterocycles. The van der Waals surface area contributed by atoms with Gasteiger partial charge in [-0.2, -0.15) is 0 Å². The van der Waals surface area contributed by atoms with Crippen LogP contribution in [0.5, 0.6) is 0 Å². The van der Waals surface area contributed by atoms with Crippen LogP contribution in [0.4, 0.5) is 0 Å². The molecule has 1 nitrogen and oxygen atoms in total. The molecule has 1 saturated carbocycles. The lowest BCUT2D eigenvalue weighted by molar-refractivity contribution is 0.0371.